The minimum Gasteiger partial charge on any atom is -0.332 e. The van der Waals surface area contributed by atoms with E-state index in [-0.39, 0.29) is 56.2 Å². The zero-order valence-electron chi connectivity index (χ0n) is 14.7. The summed E-state index contributed by atoms with van der Waals surface area (Å²) in [6, 6.07) is 2.34. The predicted molar refractivity (Wildman–Crippen MR) is 85.9 cm³/mol. The quantitative estimate of drug-likeness (QED) is 0.735. The van der Waals surface area contributed by atoms with Gasteiger partial charge in [0.25, 0.3) is 11.8 Å². The maximum atomic E-state index is 13.5. The summed E-state index contributed by atoms with van der Waals surface area (Å²) in [7, 11) is 0. The van der Waals surface area contributed by atoms with Crippen molar-refractivity contribution in [3.05, 3.63) is 34.4 Å². The molecule has 2 heterocycles. The van der Waals surface area contributed by atoms with Crippen LogP contribution in [0.5, 0.6) is 0 Å². The van der Waals surface area contributed by atoms with Gasteiger partial charge in [-0.3, -0.25) is 9.69 Å². The minimum absolute atomic E-state index is 0.00475. The van der Waals surface area contributed by atoms with Crippen molar-refractivity contribution in [2.75, 3.05) is 13.1 Å². The van der Waals surface area contributed by atoms with Crippen LogP contribution in [0, 0.1) is 0 Å². The highest BCUT2D eigenvalue weighted by atomic mass is 19.4. The number of likely N-dealkylation sites (tertiary alicyclic amines) is 1. The molecule has 1 fully saturated rings. The van der Waals surface area contributed by atoms with Crippen molar-refractivity contribution in [2.45, 2.75) is 57.9 Å². The fraction of sp³-hybridized carbons (Fsp3) is 0.611. The van der Waals surface area contributed by atoms with Gasteiger partial charge >= 0.3 is 6.18 Å². The monoisotopic (exact) mass is 376 g/mol. The molecule has 2 aliphatic heterocycles. The van der Waals surface area contributed by atoms with E-state index in [1.54, 1.807) is 18.7 Å². The van der Waals surface area contributed by atoms with Crippen LogP contribution >= 0.6 is 0 Å². The number of fused-ring (bicyclic) bond motifs is 1. The molecule has 0 bridgehead atoms. The summed E-state index contributed by atoms with van der Waals surface area (Å²) in [5, 5.41) is 0. The summed E-state index contributed by atoms with van der Waals surface area (Å²) in [6.45, 7) is 3.82. The van der Waals surface area contributed by atoms with Crippen LogP contribution in [-0.2, 0) is 19.3 Å². The van der Waals surface area contributed by atoms with Crippen LogP contribution in [0.3, 0.4) is 0 Å². The van der Waals surface area contributed by atoms with E-state index in [0.29, 0.717) is 5.56 Å². The number of benzene rings is 1. The molecule has 144 valence electrons. The Hall–Kier alpha value is -1.70. The van der Waals surface area contributed by atoms with Crippen molar-refractivity contribution in [3.63, 3.8) is 0 Å². The van der Waals surface area contributed by atoms with E-state index in [2.05, 4.69) is 0 Å². The van der Waals surface area contributed by atoms with Crippen LogP contribution in [0.15, 0.2) is 12.1 Å². The molecule has 0 spiro atoms. The Balaban J connectivity index is 1.91. The van der Waals surface area contributed by atoms with Crippen LogP contribution in [0.25, 0.3) is 0 Å². The second-order valence-electron chi connectivity index (χ2n) is 7.33. The van der Waals surface area contributed by atoms with E-state index >= 15 is 0 Å². The number of rotatable bonds is 3. The molecular formula is C18H21F5N2O. The first-order chi connectivity index (χ1) is 12.0. The lowest BCUT2D eigenvalue weighted by atomic mass is 9.98. The number of piperidine rings is 1. The lowest BCUT2D eigenvalue weighted by molar-refractivity contribution is -0.138. The van der Waals surface area contributed by atoms with Gasteiger partial charge in [-0.2, -0.15) is 13.2 Å². The third-order valence-electron chi connectivity index (χ3n) is 5.05. The summed E-state index contributed by atoms with van der Waals surface area (Å²) in [6.07, 6.45) is -5.17. The first-order valence-corrected chi connectivity index (χ1v) is 8.62. The summed E-state index contributed by atoms with van der Waals surface area (Å²) in [5.41, 5.74) is -0.389. The Morgan fingerprint density at radius 2 is 1.77 bits per heavy atom. The highest BCUT2D eigenvalue weighted by Crippen LogP contribution is 2.39. The molecule has 1 saturated heterocycles. The fourth-order valence-corrected chi connectivity index (χ4v) is 3.55. The SMILES string of the molecule is CC(C)N1Cc2c(cc(CN3CCC(F)(F)CC3)cc2C(F)(F)F)C1=O. The molecule has 26 heavy (non-hydrogen) atoms. The Morgan fingerprint density at radius 1 is 1.15 bits per heavy atom. The molecule has 1 aromatic rings. The highest BCUT2D eigenvalue weighted by molar-refractivity contribution is 5.99. The van der Waals surface area contributed by atoms with Crippen molar-refractivity contribution in [1.29, 1.82) is 0 Å². The minimum atomic E-state index is -4.57. The van der Waals surface area contributed by atoms with Gasteiger partial charge in [-0.25, -0.2) is 8.78 Å². The number of hydrogen-bond donors (Lipinski definition) is 0. The van der Waals surface area contributed by atoms with Crippen LogP contribution in [-0.4, -0.2) is 40.8 Å². The number of nitrogens with zero attached hydrogens (tertiary/aromatic N) is 2. The first kappa shape index (κ1) is 19.1. The average molecular weight is 376 g/mol. The van der Waals surface area contributed by atoms with E-state index in [9.17, 15) is 26.7 Å². The molecule has 3 rings (SSSR count). The molecule has 8 heteroatoms. The molecule has 0 aliphatic carbocycles. The van der Waals surface area contributed by atoms with E-state index in [0.717, 1.165) is 6.07 Å². The molecule has 1 aromatic carbocycles. The van der Waals surface area contributed by atoms with Crippen LogP contribution < -0.4 is 0 Å². The molecule has 0 saturated carbocycles. The van der Waals surface area contributed by atoms with Crippen molar-refractivity contribution >= 4 is 5.91 Å². The maximum absolute atomic E-state index is 13.5. The Kier molecular flexibility index (Phi) is 4.75. The van der Waals surface area contributed by atoms with Crippen LogP contribution in [0.2, 0.25) is 0 Å². The number of carbonyl (C=O) groups is 1. The van der Waals surface area contributed by atoms with Gasteiger partial charge in [0.15, 0.2) is 0 Å². The second-order valence-corrected chi connectivity index (χ2v) is 7.33. The van der Waals surface area contributed by atoms with Gasteiger partial charge in [0.1, 0.15) is 0 Å². The maximum Gasteiger partial charge on any atom is 0.416 e. The third-order valence-corrected chi connectivity index (χ3v) is 5.05. The molecular weight excluding hydrogens is 355 g/mol. The molecule has 0 N–H and O–H groups in total. The van der Waals surface area contributed by atoms with Gasteiger partial charge in [-0.05, 0) is 37.1 Å². The van der Waals surface area contributed by atoms with Crippen molar-refractivity contribution < 1.29 is 26.7 Å². The van der Waals surface area contributed by atoms with Gasteiger partial charge in [0.2, 0.25) is 0 Å². The van der Waals surface area contributed by atoms with Crippen molar-refractivity contribution in [2.24, 2.45) is 0 Å². The third kappa shape index (κ3) is 3.70. The number of hydrogen-bond acceptors (Lipinski definition) is 2. The summed E-state index contributed by atoms with van der Waals surface area (Å²) in [5.74, 6) is -3.12. The number of carbonyl (C=O) groups excluding carboxylic acids is 1. The molecule has 1 amide bonds. The summed E-state index contributed by atoms with van der Waals surface area (Å²) >= 11 is 0. The summed E-state index contributed by atoms with van der Waals surface area (Å²) in [4.78, 5) is 15.6. The van der Waals surface area contributed by atoms with E-state index in [1.165, 1.54) is 11.0 Å². The first-order valence-electron chi connectivity index (χ1n) is 8.62. The van der Waals surface area contributed by atoms with E-state index in [1.807, 2.05) is 0 Å². The molecule has 0 aromatic heterocycles. The molecule has 2 aliphatic rings. The lowest BCUT2D eigenvalue weighted by Gasteiger charge is -2.31. The molecule has 0 atom stereocenters. The van der Waals surface area contributed by atoms with Gasteiger partial charge < -0.3 is 4.90 Å². The Morgan fingerprint density at radius 3 is 2.31 bits per heavy atom. The van der Waals surface area contributed by atoms with E-state index < -0.39 is 23.6 Å². The standard InChI is InChI=1S/C18H21F5N2O/c1-11(2)25-10-14-13(16(25)26)7-12(8-15(14)18(21,22)23)9-24-5-3-17(19,20)4-6-24/h7-8,11H,3-6,9-10H2,1-2H3. The molecule has 3 nitrogen and oxygen atoms in total. The lowest BCUT2D eigenvalue weighted by Crippen LogP contribution is -2.38. The van der Waals surface area contributed by atoms with Gasteiger partial charge in [-0.1, -0.05) is 0 Å². The Labute approximate surface area is 148 Å². The van der Waals surface area contributed by atoms with Gasteiger partial charge in [-0.15, -0.1) is 0 Å². The number of amides is 1. The van der Waals surface area contributed by atoms with Crippen molar-refractivity contribution in [3.8, 4) is 0 Å². The summed E-state index contributed by atoms with van der Waals surface area (Å²) < 4.78 is 67.1. The molecule has 0 radical (unpaired) electrons. The van der Waals surface area contributed by atoms with Crippen molar-refractivity contribution in [1.82, 2.24) is 9.80 Å². The molecule has 0 unspecified atom stereocenters. The van der Waals surface area contributed by atoms with Gasteiger partial charge in [0, 0.05) is 50.6 Å². The van der Waals surface area contributed by atoms with Gasteiger partial charge in [0.05, 0.1) is 5.56 Å². The topological polar surface area (TPSA) is 23.6 Å². The highest BCUT2D eigenvalue weighted by Gasteiger charge is 2.41. The van der Waals surface area contributed by atoms with E-state index in [4.69, 9.17) is 0 Å². The largest absolute Gasteiger partial charge is 0.416 e. The smallest absolute Gasteiger partial charge is 0.332 e. The zero-order chi connectivity index (χ0) is 19.3. The number of halogens is 5. The van der Waals surface area contributed by atoms with Crippen LogP contribution in [0.4, 0.5) is 22.0 Å². The van der Waals surface area contributed by atoms with Crippen LogP contribution in [0.1, 0.15) is 53.7 Å². The normalized spacial score (nSPS) is 20.8. The second kappa shape index (κ2) is 6.48. The Bertz CT molecular complexity index is 704. The average Bonchev–Trinajstić information content (AvgIpc) is 2.85. The number of alkyl halides is 5. The predicted octanol–water partition coefficient (Wildman–Crippen LogP) is 4.30. The fourth-order valence-electron chi connectivity index (χ4n) is 3.55. The zero-order valence-corrected chi connectivity index (χ0v) is 14.7.